The van der Waals surface area contributed by atoms with Gasteiger partial charge in [-0.1, -0.05) is 29.3 Å². The monoisotopic (exact) mass is 528 g/mol. The molecule has 1 aliphatic heterocycles. The first-order valence-corrected chi connectivity index (χ1v) is 10.0. The second kappa shape index (κ2) is 13.8. The first kappa shape index (κ1) is 24.8. The van der Waals surface area contributed by atoms with E-state index in [1.165, 1.54) is 12.8 Å². The summed E-state index contributed by atoms with van der Waals surface area (Å²) in [6, 6.07) is 5.52. The van der Waals surface area contributed by atoms with E-state index in [1.807, 2.05) is 12.1 Å². The number of halogens is 3. The summed E-state index contributed by atoms with van der Waals surface area (Å²) < 4.78 is 5.16. The van der Waals surface area contributed by atoms with Gasteiger partial charge in [-0.2, -0.15) is 0 Å². The third kappa shape index (κ3) is 9.17. The minimum absolute atomic E-state index is 0. The summed E-state index contributed by atoms with van der Waals surface area (Å²) in [4.78, 5) is 7.13. The van der Waals surface area contributed by atoms with Crippen molar-refractivity contribution in [3.8, 4) is 0 Å². The molecule has 0 aromatic heterocycles. The Hall–Kier alpha value is -0.280. The predicted octanol–water partition coefficient (Wildman–Crippen LogP) is 4.02. The quantitative estimate of drug-likeness (QED) is 0.304. The summed E-state index contributed by atoms with van der Waals surface area (Å²) in [5.74, 6) is 1.51. The van der Waals surface area contributed by atoms with E-state index in [9.17, 15) is 0 Å². The number of methoxy groups -OCH3 is 1. The predicted molar refractivity (Wildman–Crippen MR) is 126 cm³/mol. The minimum atomic E-state index is 0. The van der Waals surface area contributed by atoms with Crippen LogP contribution in [0.2, 0.25) is 10.0 Å². The molecule has 0 radical (unpaired) electrons. The molecular formula is C19H31Cl2IN4O. The number of nitrogens with zero attached hydrogens (tertiary/aromatic N) is 2. The normalized spacial score (nSPS) is 16.1. The summed E-state index contributed by atoms with van der Waals surface area (Å²) in [7, 11) is 1.76. The van der Waals surface area contributed by atoms with Crippen LogP contribution < -0.4 is 10.6 Å². The van der Waals surface area contributed by atoms with Gasteiger partial charge in [0.1, 0.15) is 0 Å². The summed E-state index contributed by atoms with van der Waals surface area (Å²) in [6.07, 6.45) is 2.41. The topological polar surface area (TPSA) is 48.9 Å². The van der Waals surface area contributed by atoms with Gasteiger partial charge >= 0.3 is 0 Å². The number of guanidine groups is 1. The third-order valence-corrected chi connectivity index (χ3v) is 5.23. The lowest BCUT2D eigenvalue weighted by molar-refractivity contribution is 0.121. The van der Waals surface area contributed by atoms with Crippen molar-refractivity contribution >= 4 is 53.1 Å². The van der Waals surface area contributed by atoms with E-state index in [2.05, 4.69) is 27.4 Å². The van der Waals surface area contributed by atoms with Gasteiger partial charge < -0.3 is 20.3 Å². The molecule has 2 rings (SSSR count). The second-order valence-corrected chi connectivity index (χ2v) is 7.43. The zero-order chi connectivity index (χ0) is 18.8. The molecule has 2 N–H and O–H groups in total. The van der Waals surface area contributed by atoms with Gasteiger partial charge in [0, 0.05) is 36.8 Å². The highest BCUT2D eigenvalue weighted by Crippen LogP contribution is 2.21. The van der Waals surface area contributed by atoms with Crippen molar-refractivity contribution in [1.29, 1.82) is 0 Å². The molecule has 1 fully saturated rings. The minimum Gasteiger partial charge on any atom is -0.383 e. The summed E-state index contributed by atoms with van der Waals surface area (Å²) in [5.41, 5.74) is 0.972. The van der Waals surface area contributed by atoms with Gasteiger partial charge in [-0.05, 0) is 56.5 Å². The largest absolute Gasteiger partial charge is 0.383 e. The van der Waals surface area contributed by atoms with Crippen LogP contribution >= 0.6 is 47.2 Å². The Bertz CT molecular complexity index is 581. The Labute approximate surface area is 190 Å². The Kier molecular flexibility index (Phi) is 12.7. The Morgan fingerprint density at radius 2 is 2.00 bits per heavy atom. The van der Waals surface area contributed by atoms with E-state index in [4.69, 9.17) is 27.9 Å². The summed E-state index contributed by atoms with van der Waals surface area (Å²) in [5, 5.41) is 8.08. The van der Waals surface area contributed by atoms with Crippen LogP contribution in [0.4, 0.5) is 0 Å². The second-order valence-electron chi connectivity index (χ2n) is 6.59. The number of ether oxygens (including phenoxy) is 1. The molecule has 0 spiro atoms. The number of aliphatic imine (C=N–C) groups is 1. The number of hydrogen-bond donors (Lipinski definition) is 2. The average molecular weight is 529 g/mol. The van der Waals surface area contributed by atoms with Gasteiger partial charge in [-0.15, -0.1) is 24.0 Å². The van der Waals surface area contributed by atoms with Crippen LogP contribution in [-0.4, -0.2) is 57.3 Å². The number of rotatable bonds is 8. The SMILES string of the molecule is CCNC(=NCc1ccc(Cl)cc1Cl)NCC1CCN(CCOC)CC1.I. The molecule has 154 valence electrons. The molecule has 0 atom stereocenters. The third-order valence-electron chi connectivity index (χ3n) is 4.64. The Morgan fingerprint density at radius 3 is 2.63 bits per heavy atom. The van der Waals surface area contributed by atoms with Crippen molar-refractivity contribution in [1.82, 2.24) is 15.5 Å². The molecule has 27 heavy (non-hydrogen) atoms. The van der Waals surface area contributed by atoms with Crippen LogP contribution in [0.25, 0.3) is 0 Å². The molecule has 0 amide bonds. The van der Waals surface area contributed by atoms with Crippen LogP contribution in [-0.2, 0) is 11.3 Å². The standard InChI is InChI=1S/C19H30Cl2N4O.HI/c1-3-22-19(24-14-16-4-5-17(20)12-18(16)21)23-13-15-6-8-25(9-7-15)10-11-26-2;/h4-5,12,15H,3,6-11,13-14H2,1-2H3,(H2,22,23,24);1H. The lowest BCUT2D eigenvalue weighted by Gasteiger charge is -2.32. The number of nitrogens with one attached hydrogen (secondary N) is 2. The number of likely N-dealkylation sites (tertiary alicyclic amines) is 1. The van der Waals surface area contributed by atoms with Crippen molar-refractivity contribution in [2.24, 2.45) is 10.9 Å². The molecule has 1 aromatic rings. The van der Waals surface area contributed by atoms with Gasteiger partial charge in [0.2, 0.25) is 0 Å². The molecule has 0 aliphatic carbocycles. The summed E-state index contributed by atoms with van der Waals surface area (Å²) in [6.45, 7) is 8.50. The fraction of sp³-hybridized carbons (Fsp3) is 0.632. The smallest absolute Gasteiger partial charge is 0.191 e. The molecule has 1 heterocycles. The van der Waals surface area contributed by atoms with E-state index >= 15 is 0 Å². The fourth-order valence-corrected chi connectivity index (χ4v) is 3.50. The lowest BCUT2D eigenvalue weighted by Crippen LogP contribution is -2.43. The van der Waals surface area contributed by atoms with Gasteiger partial charge in [-0.25, -0.2) is 4.99 Å². The molecule has 0 bridgehead atoms. The average Bonchev–Trinajstić information content (AvgIpc) is 2.64. The van der Waals surface area contributed by atoms with Crippen LogP contribution in [0.15, 0.2) is 23.2 Å². The molecule has 1 aromatic carbocycles. The maximum absolute atomic E-state index is 6.23. The molecule has 0 unspecified atom stereocenters. The van der Waals surface area contributed by atoms with Crippen molar-refractivity contribution in [2.45, 2.75) is 26.3 Å². The van der Waals surface area contributed by atoms with Crippen molar-refractivity contribution < 1.29 is 4.74 Å². The van der Waals surface area contributed by atoms with E-state index in [0.29, 0.717) is 22.5 Å². The lowest BCUT2D eigenvalue weighted by atomic mass is 9.97. The molecule has 0 saturated carbocycles. The van der Waals surface area contributed by atoms with Crippen molar-refractivity contribution in [3.63, 3.8) is 0 Å². The Balaban J connectivity index is 0.00000364. The van der Waals surface area contributed by atoms with Crippen LogP contribution in [0.3, 0.4) is 0 Å². The first-order chi connectivity index (χ1) is 12.6. The van der Waals surface area contributed by atoms with Crippen molar-refractivity contribution in [2.75, 3.05) is 46.4 Å². The first-order valence-electron chi connectivity index (χ1n) is 9.29. The fourth-order valence-electron chi connectivity index (χ4n) is 3.03. The summed E-state index contributed by atoms with van der Waals surface area (Å²) >= 11 is 12.2. The van der Waals surface area contributed by atoms with Gasteiger partial charge in [0.25, 0.3) is 0 Å². The maximum atomic E-state index is 6.23. The number of benzene rings is 1. The van der Waals surface area contributed by atoms with E-state index in [-0.39, 0.29) is 24.0 Å². The van der Waals surface area contributed by atoms with Gasteiger partial charge in [0.15, 0.2) is 5.96 Å². The maximum Gasteiger partial charge on any atom is 0.191 e. The highest BCUT2D eigenvalue weighted by molar-refractivity contribution is 14.0. The highest BCUT2D eigenvalue weighted by Gasteiger charge is 2.19. The molecule has 1 aliphatic rings. The zero-order valence-corrected chi connectivity index (χ0v) is 20.0. The van der Waals surface area contributed by atoms with Gasteiger partial charge in [0.05, 0.1) is 13.2 Å². The van der Waals surface area contributed by atoms with Crippen LogP contribution in [0, 0.1) is 5.92 Å². The highest BCUT2D eigenvalue weighted by atomic mass is 127. The Morgan fingerprint density at radius 1 is 1.26 bits per heavy atom. The molecular weight excluding hydrogens is 498 g/mol. The molecule has 1 saturated heterocycles. The zero-order valence-electron chi connectivity index (χ0n) is 16.1. The van der Waals surface area contributed by atoms with E-state index in [1.54, 1.807) is 13.2 Å². The molecule has 5 nitrogen and oxygen atoms in total. The van der Waals surface area contributed by atoms with Crippen LogP contribution in [0.5, 0.6) is 0 Å². The number of piperidine rings is 1. The molecule has 8 heteroatoms. The van der Waals surface area contributed by atoms with Crippen molar-refractivity contribution in [3.05, 3.63) is 33.8 Å². The van der Waals surface area contributed by atoms with E-state index < -0.39 is 0 Å². The van der Waals surface area contributed by atoms with E-state index in [0.717, 1.165) is 50.9 Å². The van der Waals surface area contributed by atoms with Gasteiger partial charge in [-0.3, -0.25) is 0 Å². The number of hydrogen-bond acceptors (Lipinski definition) is 3. The van der Waals surface area contributed by atoms with Crippen LogP contribution in [0.1, 0.15) is 25.3 Å².